The van der Waals surface area contributed by atoms with Crippen molar-refractivity contribution in [3.8, 4) is 0 Å². The van der Waals surface area contributed by atoms with E-state index in [2.05, 4.69) is 4.74 Å². The van der Waals surface area contributed by atoms with Crippen LogP contribution in [0.4, 0.5) is 4.39 Å². The van der Waals surface area contributed by atoms with Crippen LogP contribution < -0.4 is 0 Å². The smallest absolute Gasteiger partial charge is 0.302 e. The normalized spacial score (nSPS) is 11.0. The Hall–Kier alpha value is -0.190. The number of halogens is 3. The molecule has 0 bridgehead atoms. The van der Waals surface area contributed by atoms with E-state index < -0.39 is 11.1 Å². The van der Waals surface area contributed by atoms with Gasteiger partial charge in [-0.1, -0.05) is 35.0 Å². The predicted octanol–water partition coefficient (Wildman–Crippen LogP) is 3.41. The second-order valence-electron chi connectivity index (χ2n) is 2.12. The first-order valence-corrected chi connectivity index (χ1v) is 5.39. The highest BCUT2D eigenvalue weighted by atomic mass is 35.5. The number of rotatable bonds is 5. The molecule has 0 aromatic heterocycles. The fourth-order valence-electron chi connectivity index (χ4n) is 0.468. The Kier molecular flexibility index (Phi) is 8.04. The molecule has 0 aliphatic rings. The van der Waals surface area contributed by atoms with Crippen molar-refractivity contribution in [2.24, 2.45) is 0 Å². The van der Waals surface area contributed by atoms with Gasteiger partial charge in [-0.05, 0) is 12.2 Å². The monoisotopic (exact) mass is 258 g/mol. The van der Waals surface area contributed by atoms with Gasteiger partial charge in [0.15, 0.2) is 5.16 Å². The molecule has 2 nitrogen and oxygen atoms in total. The molecule has 0 amide bonds. The molecule has 0 saturated carbocycles. The lowest BCUT2D eigenvalue weighted by Crippen LogP contribution is -1.97. The first-order valence-electron chi connectivity index (χ1n) is 3.65. The molecule has 0 spiro atoms. The van der Waals surface area contributed by atoms with Crippen molar-refractivity contribution in [3.05, 3.63) is 21.8 Å². The highest BCUT2D eigenvalue weighted by molar-refractivity contribution is 8.02. The van der Waals surface area contributed by atoms with Gasteiger partial charge in [0.05, 0.1) is 0 Å². The van der Waals surface area contributed by atoms with Gasteiger partial charge in [-0.2, -0.15) is 4.39 Å². The fraction of sp³-hybridized carbons (Fsp3) is 0.375. The van der Waals surface area contributed by atoms with Gasteiger partial charge in [-0.15, -0.1) is 0 Å². The van der Waals surface area contributed by atoms with Gasteiger partial charge in [-0.25, -0.2) is 0 Å². The van der Waals surface area contributed by atoms with E-state index in [9.17, 15) is 9.18 Å². The molecule has 0 fully saturated rings. The summed E-state index contributed by atoms with van der Waals surface area (Å²) in [5, 5.41) is -0.433. The van der Waals surface area contributed by atoms with Gasteiger partial charge >= 0.3 is 5.97 Å². The minimum Gasteiger partial charge on any atom is -0.462 e. The van der Waals surface area contributed by atoms with Crippen molar-refractivity contribution in [2.45, 2.75) is 6.92 Å². The third-order valence-corrected chi connectivity index (χ3v) is 2.07. The molecule has 0 unspecified atom stereocenters. The molecule has 14 heavy (non-hydrogen) atoms. The Balaban J connectivity index is 3.67. The molecule has 6 heteroatoms. The topological polar surface area (TPSA) is 26.3 Å². The first kappa shape index (κ1) is 13.8. The van der Waals surface area contributed by atoms with Gasteiger partial charge in [0.2, 0.25) is 0 Å². The number of thioether (sulfide) groups is 1. The summed E-state index contributed by atoms with van der Waals surface area (Å²) in [6, 6.07) is 0. The molecule has 0 radical (unpaired) electrons. The molecule has 0 N–H and O–H groups in total. The van der Waals surface area contributed by atoms with E-state index in [1.54, 1.807) is 0 Å². The number of hydrogen-bond acceptors (Lipinski definition) is 3. The summed E-state index contributed by atoms with van der Waals surface area (Å²) in [6.45, 7) is 1.20. The second-order valence-corrected chi connectivity index (χ2v) is 4.14. The van der Waals surface area contributed by atoms with Crippen LogP contribution in [-0.4, -0.2) is 18.3 Å². The summed E-state index contributed by atoms with van der Waals surface area (Å²) in [5.74, 6) is -0.104. The molecule has 0 aliphatic heterocycles. The average molecular weight is 259 g/mol. The molecule has 80 valence electrons. The summed E-state index contributed by atoms with van der Waals surface area (Å²) in [6.07, 6.45) is 2.63. The van der Waals surface area contributed by atoms with Gasteiger partial charge < -0.3 is 4.74 Å². The lowest BCUT2D eigenvalue weighted by Gasteiger charge is -1.96. The van der Waals surface area contributed by atoms with Crippen molar-refractivity contribution < 1.29 is 13.9 Å². The third kappa shape index (κ3) is 9.89. The van der Waals surface area contributed by atoms with E-state index >= 15 is 0 Å². The van der Waals surface area contributed by atoms with Crippen LogP contribution in [0, 0.1) is 0 Å². The van der Waals surface area contributed by atoms with Crippen LogP contribution in [0.15, 0.2) is 21.8 Å². The molecule has 0 rings (SSSR count). The third-order valence-electron chi connectivity index (χ3n) is 0.989. The van der Waals surface area contributed by atoms with Crippen molar-refractivity contribution in [2.75, 3.05) is 12.4 Å². The zero-order valence-electron chi connectivity index (χ0n) is 7.43. The Morgan fingerprint density at radius 1 is 1.50 bits per heavy atom. The molecule has 0 aliphatic carbocycles. The summed E-state index contributed by atoms with van der Waals surface area (Å²) < 4.78 is 17.4. The van der Waals surface area contributed by atoms with Crippen LogP contribution >= 0.6 is 35.0 Å². The molecule has 0 aromatic carbocycles. The zero-order chi connectivity index (χ0) is 11.0. The highest BCUT2D eigenvalue weighted by Crippen LogP contribution is 2.18. The van der Waals surface area contributed by atoms with Crippen molar-refractivity contribution in [1.82, 2.24) is 0 Å². The number of ether oxygens (including phenoxy) is 1. The van der Waals surface area contributed by atoms with Gasteiger partial charge in [-0.3, -0.25) is 4.79 Å². The average Bonchev–Trinajstić information content (AvgIpc) is 2.02. The van der Waals surface area contributed by atoms with Gasteiger partial charge in [0, 0.05) is 12.7 Å². The number of carbonyl (C=O) groups excluding carboxylic acids is 1. The Bertz CT molecular complexity index is 250. The van der Waals surface area contributed by atoms with E-state index in [1.165, 1.54) is 19.1 Å². The molecule has 0 atom stereocenters. The largest absolute Gasteiger partial charge is 0.462 e. The maximum Gasteiger partial charge on any atom is 0.302 e. The molecule has 0 aromatic rings. The standard InChI is InChI=1S/C8H9Cl2FO2S/c1-6(12)13-4-2-8(11)14-5-3-7(9)10/h2-3H,4-5H2,1H3/b8-2-. The van der Waals surface area contributed by atoms with Gasteiger partial charge in [0.1, 0.15) is 11.1 Å². The number of hydrogen-bond donors (Lipinski definition) is 0. The number of esters is 1. The van der Waals surface area contributed by atoms with Crippen molar-refractivity contribution in [3.63, 3.8) is 0 Å². The quantitative estimate of drug-likeness (QED) is 0.708. The Labute approximate surface area is 96.1 Å². The summed E-state index contributed by atoms with van der Waals surface area (Å²) >= 11 is 11.5. The molecule has 0 heterocycles. The summed E-state index contributed by atoms with van der Waals surface area (Å²) in [5.41, 5.74) is 0. The van der Waals surface area contributed by atoms with E-state index in [1.807, 2.05) is 0 Å². The van der Waals surface area contributed by atoms with Crippen molar-refractivity contribution in [1.29, 1.82) is 0 Å². The van der Waals surface area contributed by atoms with E-state index in [0.717, 1.165) is 11.8 Å². The first-order chi connectivity index (χ1) is 6.52. The zero-order valence-corrected chi connectivity index (χ0v) is 9.76. The maximum atomic E-state index is 12.8. The maximum absolute atomic E-state index is 12.8. The number of carbonyl (C=O) groups is 1. The lowest BCUT2D eigenvalue weighted by atomic mass is 10.7. The van der Waals surface area contributed by atoms with E-state index in [4.69, 9.17) is 23.2 Å². The van der Waals surface area contributed by atoms with Crippen LogP contribution in [0.3, 0.4) is 0 Å². The predicted molar refractivity (Wildman–Crippen MR) is 58.1 cm³/mol. The SMILES string of the molecule is CC(=O)OC/C=C(/F)SCC=C(Cl)Cl. The molecular formula is C8H9Cl2FO2S. The van der Waals surface area contributed by atoms with Crippen molar-refractivity contribution >= 4 is 40.9 Å². The van der Waals surface area contributed by atoms with Gasteiger partial charge in [0.25, 0.3) is 0 Å². The minimum absolute atomic E-state index is 0.0630. The summed E-state index contributed by atoms with van der Waals surface area (Å²) in [4.78, 5) is 10.3. The van der Waals surface area contributed by atoms with Crippen LogP contribution in [-0.2, 0) is 9.53 Å². The van der Waals surface area contributed by atoms with Crippen LogP contribution in [0.1, 0.15) is 6.92 Å². The highest BCUT2D eigenvalue weighted by Gasteiger charge is 1.95. The second kappa shape index (κ2) is 8.15. The van der Waals surface area contributed by atoms with E-state index in [0.29, 0.717) is 5.75 Å². The fourth-order valence-corrected chi connectivity index (χ4v) is 1.40. The minimum atomic E-state index is -0.442. The Morgan fingerprint density at radius 3 is 2.64 bits per heavy atom. The lowest BCUT2D eigenvalue weighted by molar-refractivity contribution is -0.139. The Morgan fingerprint density at radius 2 is 2.14 bits per heavy atom. The summed E-state index contributed by atoms with van der Waals surface area (Å²) in [7, 11) is 0. The van der Waals surface area contributed by atoms with Crippen LogP contribution in [0.25, 0.3) is 0 Å². The molecular weight excluding hydrogens is 250 g/mol. The van der Waals surface area contributed by atoms with E-state index in [-0.39, 0.29) is 11.1 Å². The molecule has 0 saturated heterocycles. The van der Waals surface area contributed by atoms with Crippen LogP contribution in [0.2, 0.25) is 0 Å². The van der Waals surface area contributed by atoms with Crippen LogP contribution in [0.5, 0.6) is 0 Å².